The molecule has 4 nitrogen and oxygen atoms in total. The lowest BCUT2D eigenvalue weighted by molar-refractivity contribution is -0.144. The Bertz CT molecular complexity index is 339. The minimum absolute atomic E-state index is 0. The molecule has 0 aromatic rings. The lowest BCUT2D eigenvalue weighted by atomic mass is 9.58. The predicted octanol–water partition coefficient (Wildman–Crippen LogP) is 2.39. The molecule has 0 aliphatic heterocycles. The largest absolute Gasteiger partial charge is 0.381 e. The highest BCUT2D eigenvalue weighted by molar-refractivity contribution is 5.86. The smallest absolute Gasteiger partial charge is 0.240 e. The number of hydrogen-bond acceptors (Lipinski definition) is 3. The Kier molecular flexibility index (Phi) is 5.88. The predicted molar refractivity (Wildman–Crippen MR) is 83.0 cm³/mol. The number of nitrogens with one attached hydrogen (secondary N) is 1. The second-order valence-corrected chi connectivity index (χ2v) is 6.29. The second-order valence-electron chi connectivity index (χ2n) is 6.29. The third-order valence-electron chi connectivity index (χ3n) is 5.64. The van der Waals surface area contributed by atoms with E-state index in [4.69, 9.17) is 10.5 Å². The number of ether oxygens (including phenoxy) is 1. The highest BCUT2D eigenvalue weighted by Gasteiger charge is 2.54. The molecule has 0 saturated heterocycles. The SMILES string of the molecule is CCC1(CC)C(NC(=O)C2(N)CCCC2)CC1OC.Cl. The van der Waals surface area contributed by atoms with E-state index in [2.05, 4.69) is 19.2 Å². The lowest BCUT2D eigenvalue weighted by Crippen LogP contribution is -2.67. The number of rotatable bonds is 5. The fourth-order valence-corrected chi connectivity index (χ4v) is 4.01. The average Bonchev–Trinajstić information content (AvgIpc) is 2.83. The van der Waals surface area contributed by atoms with E-state index in [0.29, 0.717) is 0 Å². The van der Waals surface area contributed by atoms with Gasteiger partial charge in [-0.25, -0.2) is 0 Å². The topological polar surface area (TPSA) is 64.4 Å². The molecule has 0 radical (unpaired) electrons. The first kappa shape index (κ1) is 17.7. The van der Waals surface area contributed by atoms with Crippen LogP contribution in [0.4, 0.5) is 0 Å². The standard InChI is InChI=1S/C15H28N2O2.ClH/c1-4-14(5-2)11(10-12(14)19-3)17-13(18)15(16)8-6-7-9-15;/h11-12H,4-10,16H2,1-3H3,(H,17,18);1H. The van der Waals surface area contributed by atoms with Crippen molar-refractivity contribution in [2.24, 2.45) is 11.1 Å². The average molecular weight is 305 g/mol. The molecule has 1 amide bonds. The van der Waals surface area contributed by atoms with Crippen LogP contribution in [0, 0.1) is 5.41 Å². The van der Waals surface area contributed by atoms with Crippen LogP contribution >= 0.6 is 12.4 Å². The molecule has 0 spiro atoms. The van der Waals surface area contributed by atoms with Crippen LogP contribution in [0.2, 0.25) is 0 Å². The van der Waals surface area contributed by atoms with Gasteiger partial charge in [-0.15, -0.1) is 12.4 Å². The molecule has 118 valence electrons. The second kappa shape index (κ2) is 6.63. The van der Waals surface area contributed by atoms with Gasteiger partial charge in [0.25, 0.3) is 0 Å². The summed E-state index contributed by atoms with van der Waals surface area (Å²) in [5.41, 5.74) is 5.70. The monoisotopic (exact) mass is 304 g/mol. The molecule has 2 atom stereocenters. The summed E-state index contributed by atoms with van der Waals surface area (Å²) in [5, 5.41) is 3.21. The van der Waals surface area contributed by atoms with Crippen molar-refractivity contribution in [3.05, 3.63) is 0 Å². The van der Waals surface area contributed by atoms with Crippen LogP contribution in [0.1, 0.15) is 58.8 Å². The Morgan fingerprint density at radius 3 is 2.30 bits per heavy atom. The Hall–Kier alpha value is -0.320. The van der Waals surface area contributed by atoms with Gasteiger partial charge in [0.15, 0.2) is 0 Å². The molecule has 0 heterocycles. The molecule has 2 rings (SSSR count). The van der Waals surface area contributed by atoms with E-state index in [1.54, 1.807) is 7.11 Å². The van der Waals surface area contributed by atoms with Crippen molar-refractivity contribution in [3.63, 3.8) is 0 Å². The molecule has 0 bridgehead atoms. The maximum absolute atomic E-state index is 12.4. The number of hydrogen-bond donors (Lipinski definition) is 2. The van der Waals surface area contributed by atoms with Gasteiger partial charge >= 0.3 is 0 Å². The third kappa shape index (κ3) is 2.70. The van der Waals surface area contributed by atoms with Gasteiger partial charge in [-0.1, -0.05) is 26.7 Å². The summed E-state index contributed by atoms with van der Waals surface area (Å²) < 4.78 is 5.56. The van der Waals surface area contributed by atoms with E-state index < -0.39 is 5.54 Å². The third-order valence-corrected chi connectivity index (χ3v) is 5.64. The maximum atomic E-state index is 12.4. The highest BCUT2D eigenvalue weighted by atomic mass is 35.5. The quantitative estimate of drug-likeness (QED) is 0.819. The van der Waals surface area contributed by atoms with Gasteiger partial charge < -0.3 is 15.8 Å². The van der Waals surface area contributed by atoms with E-state index in [1.807, 2.05) is 0 Å². The zero-order valence-corrected chi connectivity index (χ0v) is 13.7. The van der Waals surface area contributed by atoms with E-state index in [-0.39, 0.29) is 35.9 Å². The van der Waals surface area contributed by atoms with Crippen molar-refractivity contribution in [2.75, 3.05) is 7.11 Å². The van der Waals surface area contributed by atoms with Crippen molar-refractivity contribution >= 4 is 18.3 Å². The van der Waals surface area contributed by atoms with Crippen LogP contribution in [0.15, 0.2) is 0 Å². The number of methoxy groups -OCH3 is 1. The van der Waals surface area contributed by atoms with Gasteiger partial charge in [0.2, 0.25) is 5.91 Å². The van der Waals surface area contributed by atoms with Gasteiger partial charge in [0.1, 0.15) is 0 Å². The number of carbonyl (C=O) groups excluding carboxylic acids is 1. The number of nitrogens with two attached hydrogens (primary N) is 1. The van der Waals surface area contributed by atoms with Crippen LogP contribution in [-0.4, -0.2) is 30.7 Å². The van der Waals surface area contributed by atoms with Crippen LogP contribution in [0.5, 0.6) is 0 Å². The van der Waals surface area contributed by atoms with E-state index >= 15 is 0 Å². The first-order valence-electron chi connectivity index (χ1n) is 7.65. The van der Waals surface area contributed by atoms with Crippen LogP contribution in [0.25, 0.3) is 0 Å². The summed E-state index contributed by atoms with van der Waals surface area (Å²) in [6.07, 6.45) is 7.04. The molecule has 2 aliphatic carbocycles. The zero-order valence-electron chi connectivity index (χ0n) is 12.9. The van der Waals surface area contributed by atoms with Gasteiger partial charge in [-0.05, 0) is 32.1 Å². The molecule has 3 N–H and O–H groups in total. The van der Waals surface area contributed by atoms with E-state index in [1.165, 1.54) is 0 Å². The highest BCUT2D eigenvalue weighted by Crippen LogP contribution is 2.48. The van der Waals surface area contributed by atoms with Crippen LogP contribution < -0.4 is 11.1 Å². The van der Waals surface area contributed by atoms with Crippen molar-refractivity contribution in [3.8, 4) is 0 Å². The Balaban J connectivity index is 0.00000200. The molecule has 2 unspecified atom stereocenters. The maximum Gasteiger partial charge on any atom is 0.240 e. The number of amides is 1. The van der Waals surface area contributed by atoms with Crippen molar-refractivity contribution in [2.45, 2.75) is 76.5 Å². The van der Waals surface area contributed by atoms with Crippen molar-refractivity contribution in [1.29, 1.82) is 0 Å². The summed E-state index contributed by atoms with van der Waals surface area (Å²) in [6.45, 7) is 4.36. The summed E-state index contributed by atoms with van der Waals surface area (Å²) in [5.74, 6) is 0.0517. The van der Waals surface area contributed by atoms with E-state index in [0.717, 1.165) is 44.9 Å². The fourth-order valence-electron chi connectivity index (χ4n) is 4.01. The molecule has 2 fully saturated rings. The van der Waals surface area contributed by atoms with Gasteiger partial charge in [-0.3, -0.25) is 4.79 Å². The van der Waals surface area contributed by atoms with Gasteiger partial charge in [0, 0.05) is 18.6 Å². The first-order valence-corrected chi connectivity index (χ1v) is 7.65. The Labute approximate surface area is 128 Å². The molecule has 5 heteroatoms. The lowest BCUT2D eigenvalue weighted by Gasteiger charge is -2.55. The number of carbonyl (C=O) groups is 1. The molecular weight excluding hydrogens is 276 g/mol. The Morgan fingerprint density at radius 1 is 1.30 bits per heavy atom. The summed E-state index contributed by atoms with van der Waals surface area (Å²) >= 11 is 0. The first-order chi connectivity index (χ1) is 9.02. The molecular formula is C15H29ClN2O2. The summed E-state index contributed by atoms with van der Waals surface area (Å²) in [7, 11) is 1.77. The van der Waals surface area contributed by atoms with E-state index in [9.17, 15) is 4.79 Å². The van der Waals surface area contributed by atoms with Gasteiger partial charge in [-0.2, -0.15) is 0 Å². The molecule has 2 aliphatic rings. The molecule has 0 aromatic carbocycles. The van der Waals surface area contributed by atoms with Gasteiger partial charge in [0.05, 0.1) is 11.6 Å². The van der Waals surface area contributed by atoms with Crippen LogP contribution in [-0.2, 0) is 9.53 Å². The zero-order chi connectivity index (χ0) is 14.1. The molecule has 0 aromatic heterocycles. The van der Waals surface area contributed by atoms with Crippen molar-refractivity contribution < 1.29 is 9.53 Å². The Morgan fingerprint density at radius 2 is 1.85 bits per heavy atom. The molecule has 2 saturated carbocycles. The number of halogens is 1. The summed E-state index contributed by atoms with van der Waals surface area (Å²) in [6, 6.07) is 0.223. The van der Waals surface area contributed by atoms with Crippen molar-refractivity contribution in [1.82, 2.24) is 5.32 Å². The summed E-state index contributed by atoms with van der Waals surface area (Å²) in [4.78, 5) is 12.4. The molecule has 20 heavy (non-hydrogen) atoms. The normalized spacial score (nSPS) is 30.2. The minimum atomic E-state index is -0.620. The van der Waals surface area contributed by atoms with Crippen LogP contribution in [0.3, 0.4) is 0 Å². The minimum Gasteiger partial charge on any atom is -0.381 e. The fraction of sp³-hybridized carbons (Fsp3) is 0.933.